The first-order valence-corrected chi connectivity index (χ1v) is 9.89. The average molecular weight is 430 g/mol. The number of pyridine rings is 2. The summed E-state index contributed by atoms with van der Waals surface area (Å²) in [4.78, 5) is 25.1. The van der Waals surface area contributed by atoms with Crippen LogP contribution in [0, 0.1) is 0 Å². The van der Waals surface area contributed by atoms with Gasteiger partial charge in [-0.05, 0) is 50.3 Å². The lowest BCUT2D eigenvalue weighted by molar-refractivity contribution is -0.137. The number of amides is 1. The maximum atomic E-state index is 12.8. The van der Waals surface area contributed by atoms with Gasteiger partial charge in [-0.25, -0.2) is 9.97 Å². The van der Waals surface area contributed by atoms with Gasteiger partial charge in [0, 0.05) is 37.3 Å². The molecule has 0 saturated carbocycles. The summed E-state index contributed by atoms with van der Waals surface area (Å²) in [7, 11) is 2.04. The van der Waals surface area contributed by atoms with Crippen molar-refractivity contribution in [3.05, 3.63) is 59.9 Å². The molecule has 1 aromatic carbocycles. The van der Waals surface area contributed by atoms with Gasteiger partial charge in [0.15, 0.2) is 0 Å². The van der Waals surface area contributed by atoms with Crippen molar-refractivity contribution in [3.63, 3.8) is 0 Å². The lowest BCUT2D eigenvalue weighted by Gasteiger charge is -2.20. The Balaban J connectivity index is 1.49. The third-order valence-corrected chi connectivity index (χ3v) is 5.17. The highest BCUT2D eigenvalue weighted by Crippen LogP contribution is 2.30. The predicted octanol–water partition coefficient (Wildman–Crippen LogP) is 4.22. The van der Waals surface area contributed by atoms with Gasteiger partial charge in [0.2, 0.25) is 5.88 Å². The van der Waals surface area contributed by atoms with Crippen molar-refractivity contribution in [2.45, 2.75) is 12.6 Å². The number of ether oxygens (including phenoxy) is 1. The standard InChI is InChI=1S/C22H21F3N4O2/c1-28-9-2-10-29(12-11-28)21(30)19-6-3-15-13-17(5-7-18(15)27-19)31-20-8-4-16(14-26-20)22(23,24)25/h3-8,13-14H,2,9-12H2,1H3. The fourth-order valence-corrected chi connectivity index (χ4v) is 3.43. The quantitative estimate of drug-likeness (QED) is 0.623. The molecule has 0 atom stereocenters. The maximum absolute atomic E-state index is 12.8. The molecule has 0 radical (unpaired) electrons. The van der Waals surface area contributed by atoms with Gasteiger partial charge in [-0.2, -0.15) is 13.2 Å². The molecule has 4 rings (SSSR count). The topological polar surface area (TPSA) is 58.6 Å². The number of fused-ring (bicyclic) bond motifs is 1. The fraction of sp³-hybridized carbons (Fsp3) is 0.318. The number of carbonyl (C=O) groups is 1. The molecule has 9 heteroatoms. The number of rotatable bonds is 3. The summed E-state index contributed by atoms with van der Waals surface area (Å²) in [6.45, 7) is 3.17. The highest BCUT2D eigenvalue weighted by molar-refractivity contribution is 5.95. The first kappa shape index (κ1) is 21.0. The zero-order valence-electron chi connectivity index (χ0n) is 16.9. The summed E-state index contributed by atoms with van der Waals surface area (Å²) in [5.41, 5.74) is 0.177. The Hall–Kier alpha value is -3.20. The molecule has 1 amide bonds. The van der Waals surface area contributed by atoms with Crippen molar-refractivity contribution in [2.24, 2.45) is 0 Å². The highest BCUT2D eigenvalue weighted by Gasteiger charge is 2.30. The molecule has 3 aromatic rings. The van der Waals surface area contributed by atoms with Crippen LogP contribution in [0.3, 0.4) is 0 Å². The lowest BCUT2D eigenvalue weighted by atomic mass is 10.2. The van der Waals surface area contributed by atoms with E-state index in [-0.39, 0.29) is 11.8 Å². The molecule has 1 saturated heterocycles. The molecular formula is C22H21F3N4O2. The van der Waals surface area contributed by atoms with E-state index in [0.717, 1.165) is 37.2 Å². The van der Waals surface area contributed by atoms with Gasteiger partial charge >= 0.3 is 6.18 Å². The summed E-state index contributed by atoms with van der Waals surface area (Å²) >= 11 is 0. The van der Waals surface area contributed by atoms with Crippen LogP contribution >= 0.6 is 0 Å². The molecule has 31 heavy (non-hydrogen) atoms. The van der Waals surface area contributed by atoms with Gasteiger partial charge in [0.05, 0.1) is 11.1 Å². The van der Waals surface area contributed by atoms with E-state index >= 15 is 0 Å². The first-order valence-electron chi connectivity index (χ1n) is 9.89. The Morgan fingerprint density at radius 3 is 2.61 bits per heavy atom. The number of aromatic nitrogens is 2. The van der Waals surface area contributed by atoms with Crippen molar-refractivity contribution >= 4 is 16.8 Å². The number of halogens is 3. The zero-order chi connectivity index (χ0) is 22.0. The molecule has 2 aromatic heterocycles. The number of hydrogen-bond donors (Lipinski definition) is 0. The largest absolute Gasteiger partial charge is 0.439 e. The molecule has 0 spiro atoms. The van der Waals surface area contributed by atoms with E-state index in [1.54, 1.807) is 30.3 Å². The molecule has 1 aliphatic rings. The van der Waals surface area contributed by atoms with E-state index in [9.17, 15) is 18.0 Å². The third-order valence-electron chi connectivity index (χ3n) is 5.17. The van der Waals surface area contributed by atoms with E-state index < -0.39 is 11.7 Å². The van der Waals surface area contributed by atoms with Crippen molar-refractivity contribution in [1.82, 2.24) is 19.8 Å². The van der Waals surface area contributed by atoms with Gasteiger partial charge in [0.1, 0.15) is 11.4 Å². The normalized spacial score (nSPS) is 15.7. The fourth-order valence-electron chi connectivity index (χ4n) is 3.43. The Morgan fingerprint density at radius 2 is 1.87 bits per heavy atom. The van der Waals surface area contributed by atoms with Crippen molar-refractivity contribution < 1.29 is 22.7 Å². The molecule has 1 aliphatic heterocycles. The average Bonchev–Trinajstić information content (AvgIpc) is 2.97. The van der Waals surface area contributed by atoms with Crippen molar-refractivity contribution in [3.8, 4) is 11.6 Å². The van der Waals surface area contributed by atoms with Crippen molar-refractivity contribution in [1.29, 1.82) is 0 Å². The SMILES string of the molecule is CN1CCCN(C(=O)c2ccc3cc(Oc4ccc(C(F)(F)F)cn4)ccc3n2)CC1. The number of alkyl halides is 3. The van der Waals surface area contributed by atoms with Gasteiger partial charge in [-0.3, -0.25) is 4.79 Å². The molecule has 0 aliphatic carbocycles. The van der Waals surface area contributed by atoms with Crippen LogP contribution < -0.4 is 4.74 Å². The van der Waals surface area contributed by atoms with Gasteiger partial charge in [0.25, 0.3) is 5.91 Å². The second kappa shape index (κ2) is 8.50. The van der Waals surface area contributed by atoms with Crippen molar-refractivity contribution in [2.75, 3.05) is 33.2 Å². The molecule has 0 unspecified atom stereocenters. The van der Waals surface area contributed by atoms with Crippen LogP contribution in [0.2, 0.25) is 0 Å². The summed E-state index contributed by atoms with van der Waals surface area (Å²) in [6.07, 6.45) is -2.79. The van der Waals surface area contributed by atoms with E-state index in [2.05, 4.69) is 14.9 Å². The first-order chi connectivity index (χ1) is 14.8. The molecular weight excluding hydrogens is 409 g/mol. The highest BCUT2D eigenvalue weighted by atomic mass is 19.4. The molecule has 3 heterocycles. The smallest absolute Gasteiger partial charge is 0.417 e. The van der Waals surface area contributed by atoms with E-state index in [1.165, 1.54) is 6.07 Å². The maximum Gasteiger partial charge on any atom is 0.417 e. The minimum Gasteiger partial charge on any atom is -0.439 e. The van der Waals surface area contributed by atoms with Crippen LogP contribution in [-0.4, -0.2) is 58.9 Å². The Kier molecular flexibility index (Phi) is 5.77. The monoisotopic (exact) mass is 430 g/mol. The summed E-state index contributed by atoms with van der Waals surface area (Å²) in [6, 6.07) is 10.6. The molecule has 162 valence electrons. The van der Waals surface area contributed by atoms with E-state index in [1.807, 2.05) is 11.9 Å². The Morgan fingerprint density at radius 1 is 1.03 bits per heavy atom. The summed E-state index contributed by atoms with van der Waals surface area (Å²) in [5, 5.41) is 0.747. The van der Waals surface area contributed by atoms with Crippen LogP contribution in [0.1, 0.15) is 22.5 Å². The second-order valence-corrected chi connectivity index (χ2v) is 7.48. The number of nitrogens with zero attached hydrogens (tertiary/aromatic N) is 4. The summed E-state index contributed by atoms with van der Waals surface area (Å²) in [5.74, 6) is 0.376. The molecule has 0 N–H and O–H groups in total. The Bertz CT molecular complexity index is 1090. The minimum absolute atomic E-state index is 0.0539. The number of benzene rings is 1. The minimum atomic E-state index is -4.45. The van der Waals surface area contributed by atoms with E-state index in [4.69, 9.17) is 4.74 Å². The second-order valence-electron chi connectivity index (χ2n) is 7.48. The van der Waals surface area contributed by atoms with Gasteiger partial charge < -0.3 is 14.5 Å². The zero-order valence-corrected chi connectivity index (χ0v) is 16.9. The van der Waals surface area contributed by atoms with Crippen LogP contribution in [0.25, 0.3) is 10.9 Å². The van der Waals surface area contributed by atoms with Crippen LogP contribution in [0.4, 0.5) is 13.2 Å². The van der Waals surface area contributed by atoms with Crippen LogP contribution in [-0.2, 0) is 6.18 Å². The predicted molar refractivity (Wildman–Crippen MR) is 109 cm³/mol. The van der Waals surface area contributed by atoms with E-state index in [0.29, 0.717) is 30.0 Å². The van der Waals surface area contributed by atoms with Gasteiger partial charge in [-0.1, -0.05) is 6.07 Å². The van der Waals surface area contributed by atoms with Crippen LogP contribution in [0.5, 0.6) is 11.6 Å². The lowest BCUT2D eigenvalue weighted by Crippen LogP contribution is -2.34. The molecule has 0 bridgehead atoms. The number of hydrogen-bond acceptors (Lipinski definition) is 5. The third kappa shape index (κ3) is 4.93. The van der Waals surface area contributed by atoms with Crippen LogP contribution in [0.15, 0.2) is 48.7 Å². The van der Waals surface area contributed by atoms with Gasteiger partial charge in [-0.15, -0.1) is 0 Å². The number of likely N-dealkylation sites (N-methyl/N-ethyl adjacent to an activating group) is 1. The molecule has 1 fully saturated rings. The molecule has 6 nitrogen and oxygen atoms in total. The Labute approximate surface area is 177 Å². The summed E-state index contributed by atoms with van der Waals surface area (Å²) < 4.78 is 43.5. The number of carbonyl (C=O) groups excluding carboxylic acids is 1.